The van der Waals surface area contributed by atoms with Gasteiger partial charge in [0, 0.05) is 43.7 Å². The smallest absolute Gasteiger partial charge is 0.253 e. The Balaban J connectivity index is 1.66. The number of hydrogen-bond donors (Lipinski definition) is 1. The zero-order chi connectivity index (χ0) is 21.0. The van der Waals surface area contributed by atoms with Gasteiger partial charge in [-0.3, -0.25) is 9.59 Å². The maximum atomic E-state index is 12.9. The van der Waals surface area contributed by atoms with E-state index in [0.717, 1.165) is 19.3 Å². The molecule has 7 nitrogen and oxygen atoms in total. The van der Waals surface area contributed by atoms with Gasteiger partial charge in [-0.15, -0.1) is 0 Å². The molecule has 2 amide bonds. The predicted octanol–water partition coefficient (Wildman–Crippen LogP) is 2.24. The van der Waals surface area contributed by atoms with Gasteiger partial charge in [0.05, 0.1) is 4.90 Å². The second-order valence-corrected chi connectivity index (χ2v) is 10.2. The molecular formula is C21H31N3O4S. The van der Waals surface area contributed by atoms with E-state index >= 15 is 0 Å². The van der Waals surface area contributed by atoms with Crippen molar-refractivity contribution in [3.05, 3.63) is 29.8 Å². The topological polar surface area (TPSA) is 86.8 Å². The molecular weight excluding hydrogens is 390 g/mol. The highest BCUT2D eigenvalue weighted by Gasteiger charge is 2.30. The van der Waals surface area contributed by atoms with E-state index in [9.17, 15) is 18.0 Å². The van der Waals surface area contributed by atoms with Gasteiger partial charge in [0.2, 0.25) is 15.9 Å². The van der Waals surface area contributed by atoms with E-state index in [4.69, 9.17) is 0 Å². The van der Waals surface area contributed by atoms with Crippen LogP contribution in [0.1, 0.15) is 56.3 Å². The van der Waals surface area contributed by atoms with Crippen LogP contribution in [0.15, 0.2) is 29.2 Å². The third-order valence-electron chi connectivity index (χ3n) is 5.62. The minimum atomic E-state index is -3.57. The van der Waals surface area contributed by atoms with Crippen molar-refractivity contribution in [1.82, 2.24) is 14.5 Å². The quantitative estimate of drug-likeness (QED) is 0.790. The second kappa shape index (κ2) is 9.26. The molecule has 2 aliphatic heterocycles. The van der Waals surface area contributed by atoms with E-state index in [-0.39, 0.29) is 28.7 Å². The Kier molecular flexibility index (Phi) is 6.95. The number of carbonyl (C=O) groups excluding carboxylic acids is 2. The molecule has 1 aromatic rings. The maximum absolute atomic E-state index is 12.9. The van der Waals surface area contributed by atoms with E-state index < -0.39 is 10.0 Å². The summed E-state index contributed by atoms with van der Waals surface area (Å²) < 4.78 is 27.3. The fourth-order valence-electron chi connectivity index (χ4n) is 3.97. The number of hydrogen-bond acceptors (Lipinski definition) is 4. The van der Waals surface area contributed by atoms with E-state index in [1.807, 2.05) is 13.8 Å². The predicted molar refractivity (Wildman–Crippen MR) is 111 cm³/mol. The van der Waals surface area contributed by atoms with Crippen molar-refractivity contribution < 1.29 is 18.0 Å². The molecule has 3 rings (SSSR count). The first-order valence-corrected chi connectivity index (χ1v) is 11.9. The highest BCUT2D eigenvalue weighted by molar-refractivity contribution is 7.89. The van der Waals surface area contributed by atoms with Crippen LogP contribution in [-0.4, -0.2) is 61.7 Å². The van der Waals surface area contributed by atoms with Crippen LogP contribution in [0, 0.1) is 5.92 Å². The Morgan fingerprint density at radius 3 is 2.31 bits per heavy atom. The van der Waals surface area contributed by atoms with Crippen LogP contribution in [-0.2, 0) is 14.8 Å². The number of nitrogens with one attached hydrogen (secondary N) is 1. The highest BCUT2D eigenvalue weighted by atomic mass is 32.2. The monoisotopic (exact) mass is 421 g/mol. The van der Waals surface area contributed by atoms with Crippen molar-refractivity contribution in [2.45, 2.75) is 56.9 Å². The summed E-state index contributed by atoms with van der Waals surface area (Å²) in [7, 11) is -3.57. The van der Waals surface area contributed by atoms with Gasteiger partial charge in [-0.05, 0) is 57.7 Å². The summed E-state index contributed by atoms with van der Waals surface area (Å²) >= 11 is 0. The van der Waals surface area contributed by atoms with Crippen LogP contribution in [0.4, 0.5) is 0 Å². The highest BCUT2D eigenvalue weighted by Crippen LogP contribution is 2.23. The molecule has 29 heavy (non-hydrogen) atoms. The summed E-state index contributed by atoms with van der Waals surface area (Å²) in [5, 5.41) is 2.93. The normalized spacial score (nSPS) is 19.3. The molecule has 0 spiro atoms. The van der Waals surface area contributed by atoms with Gasteiger partial charge in [0.15, 0.2) is 0 Å². The number of amides is 2. The molecule has 2 fully saturated rings. The van der Waals surface area contributed by atoms with Crippen LogP contribution in [0.2, 0.25) is 0 Å². The summed E-state index contributed by atoms with van der Waals surface area (Å²) in [6, 6.07) is 6.45. The third kappa shape index (κ3) is 5.17. The summed E-state index contributed by atoms with van der Waals surface area (Å²) in [4.78, 5) is 27.0. The molecule has 2 heterocycles. The Morgan fingerprint density at radius 1 is 1.03 bits per heavy atom. The molecule has 0 bridgehead atoms. The van der Waals surface area contributed by atoms with Crippen molar-refractivity contribution >= 4 is 21.8 Å². The number of benzene rings is 1. The fourth-order valence-corrected chi connectivity index (χ4v) is 5.54. The summed E-state index contributed by atoms with van der Waals surface area (Å²) in [5.74, 6) is -0.211. The molecule has 160 valence electrons. The number of piperidine rings is 2. The first-order chi connectivity index (χ1) is 13.8. The van der Waals surface area contributed by atoms with Gasteiger partial charge in [0.25, 0.3) is 5.91 Å². The molecule has 2 aliphatic rings. The molecule has 0 unspecified atom stereocenters. The SMILES string of the molecule is CC(C)NC(=O)C1CCN(C(=O)c2cccc(S(=O)(=O)N3CCCCC3)c2)CC1. The van der Waals surface area contributed by atoms with Gasteiger partial charge in [-0.1, -0.05) is 12.5 Å². The summed E-state index contributed by atoms with van der Waals surface area (Å²) in [5.41, 5.74) is 0.383. The van der Waals surface area contributed by atoms with Crippen LogP contribution in [0.5, 0.6) is 0 Å². The lowest BCUT2D eigenvalue weighted by molar-refractivity contribution is -0.126. The van der Waals surface area contributed by atoms with Crippen molar-refractivity contribution in [2.24, 2.45) is 5.92 Å². The Hall–Kier alpha value is -1.93. The van der Waals surface area contributed by atoms with E-state index in [0.29, 0.717) is 44.6 Å². The van der Waals surface area contributed by atoms with Crippen LogP contribution >= 0.6 is 0 Å². The van der Waals surface area contributed by atoms with E-state index in [1.54, 1.807) is 23.1 Å². The molecule has 0 saturated carbocycles. The molecule has 0 radical (unpaired) electrons. The maximum Gasteiger partial charge on any atom is 0.253 e. The minimum absolute atomic E-state index is 0.0433. The molecule has 2 saturated heterocycles. The molecule has 0 aromatic heterocycles. The van der Waals surface area contributed by atoms with Crippen LogP contribution in [0.3, 0.4) is 0 Å². The zero-order valence-electron chi connectivity index (χ0n) is 17.3. The third-order valence-corrected chi connectivity index (χ3v) is 7.51. The summed E-state index contributed by atoms with van der Waals surface area (Å²) in [6.45, 7) is 5.93. The number of nitrogens with zero attached hydrogens (tertiary/aromatic N) is 2. The molecule has 1 aromatic carbocycles. The molecule has 0 aliphatic carbocycles. The van der Waals surface area contributed by atoms with E-state index in [2.05, 4.69) is 5.32 Å². The molecule has 1 N–H and O–H groups in total. The van der Waals surface area contributed by atoms with Crippen molar-refractivity contribution in [3.8, 4) is 0 Å². The number of carbonyl (C=O) groups is 2. The van der Waals surface area contributed by atoms with E-state index in [1.165, 1.54) is 10.4 Å². The Bertz CT molecular complexity index is 839. The molecule has 0 atom stereocenters. The van der Waals surface area contributed by atoms with Crippen molar-refractivity contribution in [2.75, 3.05) is 26.2 Å². The van der Waals surface area contributed by atoms with Crippen molar-refractivity contribution in [1.29, 1.82) is 0 Å². The van der Waals surface area contributed by atoms with Gasteiger partial charge in [0.1, 0.15) is 0 Å². The van der Waals surface area contributed by atoms with Gasteiger partial charge >= 0.3 is 0 Å². The number of likely N-dealkylation sites (tertiary alicyclic amines) is 1. The summed E-state index contributed by atoms with van der Waals surface area (Å²) in [6.07, 6.45) is 4.04. The lowest BCUT2D eigenvalue weighted by Gasteiger charge is -2.32. The van der Waals surface area contributed by atoms with Gasteiger partial charge in [-0.25, -0.2) is 8.42 Å². The average Bonchev–Trinajstić information content (AvgIpc) is 2.73. The van der Waals surface area contributed by atoms with Gasteiger partial charge < -0.3 is 10.2 Å². The first kappa shape index (κ1) is 21.8. The Labute approximate surface area is 173 Å². The first-order valence-electron chi connectivity index (χ1n) is 10.5. The number of rotatable bonds is 5. The lowest BCUT2D eigenvalue weighted by atomic mass is 9.95. The minimum Gasteiger partial charge on any atom is -0.354 e. The van der Waals surface area contributed by atoms with Crippen LogP contribution < -0.4 is 5.32 Å². The van der Waals surface area contributed by atoms with Crippen LogP contribution in [0.25, 0.3) is 0 Å². The van der Waals surface area contributed by atoms with Gasteiger partial charge in [-0.2, -0.15) is 4.31 Å². The second-order valence-electron chi connectivity index (χ2n) is 8.22. The standard InChI is InChI=1S/C21H31N3O4S/c1-16(2)22-20(25)17-9-13-23(14-10-17)21(26)18-7-6-8-19(15-18)29(27,28)24-11-4-3-5-12-24/h6-8,15-17H,3-5,9-14H2,1-2H3,(H,22,25). The average molecular weight is 422 g/mol. The lowest BCUT2D eigenvalue weighted by Crippen LogP contribution is -2.44. The largest absolute Gasteiger partial charge is 0.354 e. The Morgan fingerprint density at radius 2 is 1.69 bits per heavy atom. The van der Waals surface area contributed by atoms with Crippen molar-refractivity contribution in [3.63, 3.8) is 0 Å². The molecule has 8 heteroatoms. The fraction of sp³-hybridized carbons (Fsp3) is 0.619. The number of sulfonamides is 1. The zero-order valence-corrected chi connectivity index (χ0v) is 18.1.